The van der Waals surface area contributed by atoms with Gasteiger partial charge in [0.15, 0.2) is 6.61 Å². The third kappa shape index (κ3) is 5.12. The molecule has 0 atom stereocenters. The van der Waals surface area contributed by atoms with Crippen LogP contribution >= 0.6 is 0 Å². The van der Waals surface area contributed by atoms with E-state index in [9.17, 15) is 14.4 Å². The molecule has 3 aromatic rings. The minimum absolute atomic E-state index is 0.242. The Balaban J connectivity index is 1.33. The molecule has 2 aromatic carbocycles. The number of anilines is 2. The molecule has 1 aliphatic rings. The van der Waals surface area contributed by atoms with Crippen LogP contribution < -0.4 is 15.8 Å². The van der Waals surface area contributed by atoms with Gasteiger partial charge < -0.3 is 19.4 Å². The zero-order chi connectivity index (χ0) is 21.6. The summed E-state index contributed by atoms with van der Waals surface area (Å²) >= 11 is 0. The number of hydrogen-bond donors (Lipinski definition) is 1. The first-order chi connectivity index (χ1) is 15.1. The molecule has 1 aromatic heterocycles. The lowest BCUT2D eigenvalue weighted by atomic mass is 10.2. The SMILES string of the molecule is O=C(COC(=O)c1cc2ccccc2oc1=O)Nc1ccc(N2CCCCCC2)cc1. The second-order valence-electron chi connectivity index (χ2n) is 7.56. The Bertz CT molecular complexity index is 1130. The number of hydrogen-bond acceptors (Lipinski definition) is 6. The summed E-state index contributed by atoms with van der Waals surface area (Å²) in [5.41, 5.74) is 1.09. The van der Waals surface area contributed by atoms with E-state index in [1.807, 2.05) is 24.3 Å². The molecule has 2 heterocycles. The summed E-state index contributed by atoms with van der Waals surface area (Å²) in [5, 5.41) is 3.30. The zero-order valence-electron chi connectivity index (χ0n) is 17.1. The van der Waals surface area contributed by atoms with Gasteiger partial charge in [-0.15, -0.1) is 0 Å². The molecule has 1 amide bonds. The van der Waals surface area contributed by atoms with Crippen LogP contribution in [0, 0.1) is 0 Å². The van der Waals surface area contributed by atoms with Crippen molar-refractivity contribution < 1.29 is 18.7 Å². The Morgan fingerprint density at radius 3 is 2.42 bits per heavy atom. The number of carbonyl (C=O) groups excluding carboxylic acids is 2. The fraction of sp³-hybridized carbons (Fsp3) is 0.292. The van der Waals surface area contributed by atoms with Crippen LogP contribution in [0.15, 0.2) is 63.8 Å². The number of esters is 1. The minimum atomic E-state index is -0.897. The lowest BCUT2D eigenvalue weighted by molar-refractivity contribution is -0.119. The quantitative estimate of drug-likeness (QED) is 0.496. The molecule has 0 bridgehead atoms. The molecule has 0 radical (unpaired) electrons. The first-order valence-corrected chi connectivity index (χ1v) is 10.4. The van der Waals surface area contributed by atoms with E-state index in [0.29, 0.717) is 16.7 Å². The highest BCUT2D eigenvalue weighted by Gasteiger charge is 2.17. The van der Waals surface area contributed by atoms with E-state index in [4.69, 9.17) is 9.15 Å². The standard InChI is InChI=1S/C24H24N2O5/c27-22(25-18-9-11-19(12-10-18)26-13-5-1-2-6-14-26)16-30-23(28)20-15-17-7-3-4-8-21(17)31-24(20)29/h3-4,7-12,15H,1-2,5-6,13-14,16H2,(H,25,27). The molecule has 31 heavy (non-hydrogen) atoms. The number of ether oxygens (including phenoxy) is 1. The van der Waals surface area contributed by atoms with Gasteiger partial charge in [-0.25, -0.2) is 9.59 Å². The predicted molar refractivity (Wildman–Crippen MR) is 119 cm³/mol. The van der Waals surface area contributed by atoms with E-state index in [1.165, 1.54) is 31.7 Å². The van der Waals surface area contributed by atoms with Crippen molar-refractivity contribution in [3.8, 4) is 0 Å². The van der Waals surface area contributed by atoms with Crippen LogP contribution in [0.2, 0.25) is 0 Å². The third-order valence-corrected chi connectivity index (χ3v) is 5.32. The lowest BCUT2D eigenvalue weighted by Crippen LogP contribution is -2.24. The van der Waals surface area contributed by atoms with Gasteiger partial charge in [-0.1, -0.05) is 31.0 Å². The van der Waals surface area contributed by atoms with Crippen LogP contribution in [0.4, 0.5) is 11.4 Å². The van der Waals surface area contributed by atoms with Crippen molar-refractivity contribution in [1.29, 1.82) is 0 Å². The Morgan fingerprint density at radius 1 is 0.968 bits per heavy atom. The number of carbonyl (C=O) groups is 2. The molecule has 160 valence electrons. The predicted octanol–water partition coefficient (Wildman–Crippen LogP) is 3.97. The second kappa shape index (κ2) is 9.47. The molecule has 0 unspecified atom stereocenters. The molecular formula is C24H24N2O5. The summed E-state index contributed by atoms with van der Waals surface area (Å²) in [5.74, 6) is -1.38. The highest BCUT2D eigenvalue weighted by atomic mass is 16.5. The van der Waals surface area contributed by atoms with E-state index in [-0.39, 0.29) is 5.56 Å². The first kappa shape index (κ1) is 20.7. The Kier molecular flexibility index (Phi) is 6.31. The number of fused-ring (bicyclic) bond motifs is 1. The molecule has 0 aliphatic carbocycles. The van der Waals surface area contributed by atoms with Crippen molar-refractivity contribution in [3.63, 3.8) is 0 Å². The van der Waals surface area contributed by atoms with Gasteiger partial charge in [-0.2, -0.15) is 0 Å². The Labute approximate surface area is 179 Å². The number of rotatable bonds is 5. The molecule has 1 N–H and O–H groups in total. The van der Waals surface area contributed by atoms with Gasteiger partial charge in [0.1, 0.15) is 11.1 Å². The topological polar surface area (TPSA) is 88.9 Å². The highest BCUT2D eigenvalue weighted by molar-refractivity contribution is 5.96. The molecular weight excluding hydrogens is 396 g/mol. The minimum Gasteiger partial charge on any atom is -0.452 e. The highest BCUT2D eigenvalue weighted by Crippen LogP contribution is 2.21. The largest absolute Gasteiger partial charge is 0.452 e. The average Bonchev–Trinajstić information content (AvgIpc) is 3.07. The van der Waals surface area contributed by atoms with Crippen molar-refractivity contribution in [2.75, 3.05) is 29.9 Å². The summed E-state index contributed by atoms with van der Waals surface area (Å²) < 4.78 is 10.1. The molecule has 0 spiro atoms. The van der Waals surface area contributed by atoms with Gasteiger partial charge in [0.2, 0.25) is 0 Å². The molecule has 1 fully saturated rings. The number of amides is 1. The number of nitrogens with zero attached hydrogens (tertiary/aromatic N) is 1. The Hall–Kier alpha value is -3.61. The maximum absolute atomic E-state index is 12.2. The van der Waals surface area contributed by atoms with Gasteiger partial charge in [-0.05, 0) is 49.2 Å². The van der Waals surface area contributed by atoms with Crippen molar-refractivity contribution in [2.45, 2.75) is 25.7 Å². The van der Waals surface area contributed by atoms with Crippen molar-refractivity contribution in [3.05, 3.63) is 70.6 Å². The monoisotopic (exact) mass is 420 g/mol. The zero-order valence-corrected chi connectivity index (χ0v) is 17.1. The van der Waals surface area contributed by atoms with E-state index >= 15 is 0 Å². The summed E-state index contributed by atoms with van der Waals surface area (Å²) in [4.78, 5) is 38.8. The molecule has 7 heteroatoms. The fourth-order valence-electron chi connectivity index (χ4n) is 3.69. The maximum Gasteiger partial charge on any atom is 0.351 e. The van der Waals surface area contributed by atoms with E-state index in [2.05, 4.69) is 10.2 Å². The van der Waals surface area contributed by atoms with Crippen LogP contribution in [-0.2, 0) is 9.53 Å². The number of para-hydroxylation sites is 1. The van der Waals surface area contributed by atoms with E-state index in [1.54, 1.807) is 24.3 Å². The van der Waals surface area contributed by atoms with Crippen LogP contribution in [0.5, 0.6) is 0 Å². The second-order valence-corrected chi connectivity index (χ2v) is 7.56. The molecule has 1 saturated heterocycles. The molecule has 1 aliphatic heterocycles. The molecule has 7 nitrogen and oxygen atoms in total. The summed E-state index contributed by atoms with van der Waals surface area (Å²) in [6.07, 6.45) is 4.92. The first-order valence-electron chi connectivity index (χ1n) is 10.4. The van der Waals surface area contributed by atoms with Crippen LogP contribution in [-0.4, -0.2) is 31.6 Å². The normalized spacial score (nSPS) is 14.1. The van der Waals surface area contributed by atoms with Gasteiger partial charge in [-0.3, -0.25) is 4.79 Å². The summed E-state index contributed by atoms with van der Waals surface area (Å²) in [7, 11) is 0. The van der Waals surface area contributed by atoms with Gasteiger partial charge in [0.05, 0.1) is 0 Å². The smallest absolute Gasteiger partial charge is 0.351 e. The van der Waals surface area contributed by atoms with Crippen molar-refractivity contribution >= 4 is 34.2 Å². The third-order valence-electron chi connectivity index (χ3n) is 5.32. The van der Waals surface area contributed by atoms with E-state index < -0.39 is 24.1 Å². The van der Waals surface area contributed by atoms with Crippen LogP contribution in [0.3, 0.4) is 0 Å². The lowest BCUT2D eigenvalue weighted by Gasteiger charge is -2.22. The van der Waals surface area contributed by atoms with Crippen LogP contribution in [0.1, 0.15) is 36.0 Å². The molecule has 4 rings (SSSR count). The van der Waals surface area contributed by atoms with E-state index in [0.717, 1.165) is 18.8 Å². The number of benzene rings is 2. The summed E-state index contributed by atoms with van der Waals surface area (Å²) in [6.45, 7) is 1.59. The van der Waals surface area contributed by atoms with Crippen molar-refractivity contribution in [1.82, 2.24) is 0 Å². The van der Waals surface area contributed by atoms with Crippen molar-refractivity contribution in [2.24, 2.45) is 0 Å². The Morgan fingerprint density at radius 2 is 1.68 bits per heavy atom. The summed E-state index contributed by atoms with van der Waals surface area (Å²) in [6, 6.07) is 15.9. The van der Waals surface area contributed by atoms with Crippen LogP contribution in [0.25, 0.3) is 11.0 Å². The maximum atomic E-state index is 12.2. The fourth-order valence-corrected chi connectivity index (χ4v) is 3.69. The number of nitrogens with one attached hydrogen (secondary N) is 1. The molecule has 0 saturated carbocycles. The van der Waals surface area contributed by atoms with Gasteiger partial charge >= 0.3 is 11.6 Å². The van der Waals surface area contributed by atoms with Gasteiger partial charge in [0, 0.05) is 29.9 Å². The average molecular weight is 420 g/mol. The van der Waals surface area contributed by atoms with Gasteiger partial charge in [0.25, 0.3) is 5.91 Å².